The van der Waals surface area contributed by atoms with Crippen molar-refractivity contribution in [3.05, 3.63) is 70.1 Å². The SMILES string of the molecule is COC(=O)c1ccc(C=C2SC(=S)N(CCCCCC(=O)NNC(=O)c3cccc(O)c3)C2=O)cc1. The van der Waals surface area contributed by atoms with Gasteiger partial charge in [0, 0.05) is 18.5 Å². The number of esters is 1. The van der Waals surface area contributed by atoms with E-state index in [1.54, 1.807) is 35.2 Å². The number of carbonyl (C=O) groups excluding carboxylic acids is 4. The van der Waals surface area contributed by atoms with Crippen LogP contribution in [-0.4, -0.2) is 51.7 Å². The molecule has 0 unspecified atom stereocenters. The van der Waals surface area contributed by atoms with Crippen LogP contribution in [0.1, 0.15) is 52.0 Å². The number of hydrazine groups is 1. The summed E-state index contributed by atoms with van der Waals surface area (Å²) in [5, 5.41) is 9.41. The van der Waals surface area contributed by atoms with Crippen LogP contribution in [-0.2, 0) is 14.3 Å². The summed E-state index contributed by atoms with van der Waals surface area (Å²) in [4.78, 5) is 50.3. The fraction of sp³-hybridized carbons (Fsp3) is 0.240. The van der Waals surface area contributed by atoms with Crippen molar-refractivity contribution in [1.29, 1.82) is 0 Å². The number of nitrogens with one attached hydrogen (secondary N) is 2. The molecule has 9 nitrogen and oxygen atoms in total. The number of carbonyl (C=O) groups is 4. The minimum absolute atomic E-state index is 0.0414. The van der Waals surface area contributed by atoms with E-state index in [1.807, 2.05) is 0 Å². The van der Waals surface area contributed by atoms with Crippen LogP contribution < -0.4 is 10.9 Å². The molecule has 11 heteroatoms. The average molecular weight is 528 g/mol. The molecule has 1 fully saturated rings. The summed E-state index contributed by atoms with van der Waals surface area (Å²) < 4.78 is 5.16. The van der Waals surface area contributed by atoms with Crippen LogP contribution in [0.15, 0.2) is 53.4 Å². The molecule has 0 aromatic heterocycles. The van der Waals surface area contributed by atoms with Gasteiger partial charge in [0.15, 0.2) is 0 Å². The maximum atomic E-state index is 12.8. The van der Waals surface area contributed by atoms with Gasteiger partial charge < -0.3 is 9.84 Å². The number of rotatable bonds is 9. The van der Waals surface area contributed by atoms with Crippen LogP contribution in [0.2, 0.25) is 0 Å². The first-order valence-electron chi connectivity index (χ1n) is 11.1. The first-order valence-corrected chi connectivity index (χ1v) is 12.3. The Balaban J connectivity index is 1.38. The Morgan fingerprint density at radius 3 is 2.50 bits per heavy atom. The molecule has 0 saturated carbocycles. The van der Waals surface area contributed by atoms with Crippen LogP contribution in [0.25, 0.3) is 6.08 Å². The van der Waals surface area contributed by atoms with Crippen molar-refractivity contribution in [1.82, 2.24) is 15.8 Å². The zero-order valence-corrected chi connectivity index (χ0v) is 21.1. The second-order valence-electron chi connectivity index (χ2n) is 7.81. The molecule has 1 aliphatic heterocycles. The lowest BCUT2D eigenvalue weighted by molar-refractivity contribution is -0.123. The number of ether oxygens (including phenoxy) is 1. The highest BCUT2D eigenvalue weighted by Crippen LogP contribution is 2.32. The van der Waals surface area contributed by atoms with Crippen molar-refractivity contribution in [3.8, 4) is 5.75 Å². The maximum absolute atomic E-state index is 12.8. The second-order valence-corrected chi connectivity index (χ2v) is 9.49. The van der Waals surface area contributed by atoms with Gasteiger partial charge in [-0.2, -0.15) is 0 Å². The van der Waals surface area contributed by atoms with E-state index in [-0.39, 0.29) is 29.5 Å². The van der Waals surface area contributed by atoms with Crippen LogP contribution in [0, 0.1) is 0 Å². The Morgan fingerprint density at radius 1 is 1.06 bits per heavy atom. The van der Waals surface area contributed by atoms with Gasteiger partial charge in [0.05, 0.1) is 17.6 Å². The Morgan fingerprint density at radius 2 is 1.81 bits per heavy atom. The van der Waals surface area contributed by atoms with Crippen molar-refractivity contribution >= 4 is 58.1 Å². The molecule has 0 spiro atoms. The standard InChI is InChI=1S/C25H25N3O6S2/c1-34-24(33)17-11-9-16(10-12-17)14-20-23(32)28(25(35)36-20)13-4-2-3-8-21(30)26-27-22(31)18-6-5-7-19(29)15-18/h5-7,9-12,14-15,29H,2-4,8,13H2,1H3,(H,26,30)(H,27,31). The summed E-state index contributed by atoms with van der Waals surface area (Å²) in [5.41, 5.74) is 6.08. The quantitative estimate of drug-likeness (QED) is 0.149. The molecule has 3 rings (SSSR count). The molecule has 2 aromatic rings. The van der Waals surface area contributed by atoms with Crippen LogP contribution in [0.5, 0.6) is 5.75 Å². The predicted molar refractivity (Wildman–Crippen MR) is 140 cm³/mol. The second kappa shape index (κ2) is 12.8. The molecule has 0 radical (unpaired) electrons. The van der Waals surface area contributed by atoms with E-state index in [9.17, 15) is 24.3 Å². The van der Waals surface area contributed by atoms with Crippen molar-refractivity contribution < 1.29 is 29.0 Å². The fourth-order valence-electron chi connectivity index (χ4n) is 3.32. The van der Waals surface area contributed by atoms with Crippen LogP contribution in [0.4, 0.5) is 0 Å². The molecule has 1 aliphatic rings. The highest BCUT2D eigenvalue weighted by atomic mass is 32.2. The molecule has 1 saturated heterocycles. The number of nitrogens with zero attached hydrogens (tertiary/aromatic N) is 1. The summed E-state index contributed by atoms with van der Waals surface area (Å²) in [6.07, 6.45) is 3.87. The minimum Gasteiger partial charge on any atom is -0.508 e. The predicted octanol–water partition coefficient (Wildman–Crippen LogP) is 3.40. The molecule has 3 N–H and O–H groups in total. The number of phenolic OH excluding ortho intramolecular Hbond substituents is 1. The Kier molecular flexibility index (Phi) is 9.60. The number of hydrogen-bond acceptors (Lipinski definition) is 8. The summed E-state index contributed by atoms with van der Waals surface area (Å²) in [5.74, 6) is -1.51. The van der Waals surface area contributed by atoms with Crippen molar-refractivity contribution in [2.75, 3.05) is 13.7 Å². The van der Waals surface area contributed by atoms with Crippen molar-refractivity contribution in [2.24, 2.45) is 0 Å². The van der Waals surface area contributed by atoms with E-state index >= 15 is 0 Å². The zero-order valence-electron chi connectivity index (χ0n) is 19.5. The third-order valence-electron chi connectivity index (χ3n) is 5.21. The lowest BCUT2D eigenvalue weighted by Gasteiger charge is -2.14. The van der Waals surface area contributed by atoms with E-state index < -0.39 is 11.9 Å². The third-order valence-corrected chi connectivity index (χ3v) is 6.59. The topological polar surface area (TPSA) is 125 Å². The molecule has 1 heterocycles. The summed E-state index contributed by atoms with van der Waals surface area (Å²) in [7, 11) is 1.32. The van der Waals surface area contributed by atoms with E-state index in [0.717, 1.165) is 5.56 Å². The van der Waals surface area contributed by atoms with Gasteiger partial charge in [-0.1, -0.05) is 48.6 Å². The molecule has 0 bridgehead atoms. The number of aromatic hydroxyl groups is 1. The van der Waals surface area contributed by atoms with Gasteiger partial charge >= 0.3 is 5.97 Å². The van der Waals surface area contributed by atoms with Gasteiger partial charge in [-0.25, -0.2) is 4.79 Å². The summed E-state index contributed by atoms with van der Waals surface area (Å²) in [6.45, 7) is 0.444. The molecule has 0 atom stereocenters. The zero-order chi connectivity index (χ0) is 26.1. The molecule has 36 heavy (non-hydrogen) atoms. The number of thiocarbonyl (C=S) groups is 1. The molecule has 3 amide bonds. The Bertz CT molecular complexity index is 1200. The molecule has 0 aliphatic carbocycles. The number of amides is 3. The smallest absolute Gasteiger partial charge is 0.337 e. The molecule has 2 aromatic carbocycles. The van der Waals surface area contributed by atoms with Gasteiger partial charge in [0.1, 0.15) is 10.1 Å². The summed E-state index contributed by atoms with van der Waals surface area (Å²) in [6, 6.07) is 12.5. The molecule has 188 valence electrons. The highest BCUT2D eigenvalue weighted by molar-refractivity contribution is 8.26. The monoisotopic (exact) mass is 527 g/mol. The van der Waals surface area contributed by atoms with Crippen LogP contribution >= 0.6 is 24.0 Å². The van der Waals surface area contributed by atoms with E-state index in [2.05, 4.69) is 15.6 Å². The first-order chi connectivity index (χ1) is 17.3. The van der Waals surface area contributed by atoms with Crippen molar-refractivity contribution in [3.63, 3.8) is 0 Å². The van der Waals surface area contributed by atoms with Crippen molar-refractivity contribution in [2.45, 2.75) is 25.7 Å². The third kappa shape index (κ3) is 7.40. The minimum atomic E-state index is -0.527. The van der Waals surface area contributed by atoms with E-state index in [0.29, 0.717) is 40.6 Å². The number of hydrogen-bond donors (Lipinski definition) is 3. The lowest BCUT2D eigenvalue weighted by atomic mass is 10.1. The highest BCUT2D eigenvalue weighted by Gasteiger charge is 2.31. The number of unbranched alkanes of at least 4 members (excludes halogenated alkanes) is 2. The number of thioether (sulfide) groups is 1. The van der Waals surface area contributed by atoms with Gasteiger partial charge in [-0.05, 0) is 54.8 Å². The Hall–Kier alpha value is -3.70. The maximum Gasteiger partial charge on any atom is 0.337 e. The normalized spacial score (nSPS) is 14.1. The van der Waals surface area contributed by atoms with E-state index in [4.69, 9.17) is 12.2 Å². The number of methoxy groups -OCH3 is 1. The lowest BCUT2D eigenvalue weighted by Crippen LogP contribution is -2.41. The van der Waals surface area contributed by atoms with Gasteiger partial charge in [-0.15, -0.1) is 0 Å². The Labute approximate surface area is 217 Å². The molecular formula is C25H25N3O6S2. The average Bonchev–Trinajstić information content (AvgIpc) is 3.14. The first kappa shape index (κ1) is 26.9. The van der Waals surface area contributed by atoms with Gasteiger partial charge in [-0.3, -0.25) is 30.1 Å². The van der Waals surface area contributed by atoms with E-state index in [1.165, 1.54) is 43.1 Å². The summed E-state index contributed by atoms with van der Waals surface area (Å²) >= 11 is 6.58. The number of benzene rings is 2. The van der Waals surface area contributed by atoms with Gasteiger partial charge in [0.25, 0.3) is 11.8 Å². The van der Waals surface area contributed by atoms with Gasteiger partial charge in [0.2, 0.25) is 5.91 Å². The number of phenols is 1. The fourth-order valence-corrected chi connectivity index (χ4v) is 4.63. The largest absolute Gasteiger partial charge is 0.508 e. The molecular weight excluding hydrogens is 502 g/mol. The van der Waals surface area contributed by atoms with Crippen LogP contribution in [0.3, 0.4) is 0 Å².